The molecule has 0 saturated heterocycles. The molecule has 84 valence electrons. The van der Waals surface area contributed by atoms with Crippen molar-refractivity contribution in [2.24, 2.45) is 0 Å². The van der Waals surface area contributed by atoms with E-state index in [0.717, 1.165) is 31.0 Å². The molecule has 0 fully saturated rings. The number of ether oxygens (including phenoxy) is 1. The van der Waals surface area contributed by atoms with Crippen molar-refractivity contribution in [1.29, 1.82) is 0 Å². The molecule has 0 aromatic carbocycles. The summed E-state index contributed by atoms with van der Waals surface area (Å²) in [4.78, 5) is 8.40. The lowest BCUT2D eigenvalue weighted by Gasteiger charge is -2.01. The Morgan fingerprint density at radius 2 is 2.38 bits per heavy atom. The molecule has 4 nitrogen and oxygen atoms in total. The minimum Gasteiger partial charge on any atom is -0.380 e. The molecular weight excluding hydrogens is 202 g/mol. The fourth-order valence-electron chi connectivity index (χ4n) is 1.46. The molecule has 0 unspecified atom stereocenters. The third-order valence-electron chi connectivity index (χ3n) is 2.29. The predicted octanol–water partition coefficient (Wildman–Crippen LogP) is 1.98. The van der Waals surface area contributed by atoms with Crippen LogP contribution in [0.3, 0.4) is 0 Å². The summed E-state index contributed by atoms with van der Waals surface area (Å²) in [5, 5.41) is 0. The van der Waals surface area contributed by atoms with E-state index in [-0.39, 0.29) is 0 Å². The van der Waals surface area contributed by atoms with Gasteiger partial charge in [-0.05, 0) is 19.1 Å². The van der Waals surface area contributed by atoms with E-state index in [2.05, 4.69) is 9.97 Å². The van der Waals surface area contributed by atoms with Gasteiger partial charge in [0, 0.05) is 37.3 Å². The van der Waals surface area contributed by atoms with E-state index in [4.69, 9.17) is 4.74 Å². The van der Waals surface area contributed by atoms with Gasteiger partial charge in [-0.3, -0.25) is 4.98 Å². The van der Waals surface area contributed by atoms with Crippen LogP contribution < -0.4 is 0 Å². The molecule has 0 saturated carbocycles. The van der Waals surface area contributed by atoms with Gasteiger partial charge >= 0.3 is 0 Å². The summed E-state index contributed by atoms with van der Waals surface area (Å²) in [6.45, 7) is 4.31. The number of pyridine rings is 1. The normalized spacial score (nSPS) is 10.6. The van der Waals surface area contributed by atoms with Gasteiger partial charge in [-0.25, -0.2) is 4.98 Å². The molecule has 0 atom stereocenters. The zero-order chi connectivity index (χ0) is 11.2. The molecule has 2 rings (SSSR count). The van der Waals surface area contributed by atoms with Crippen molar-refractivity contribution in [3.63, 3.8) is 0 Å². The molecule has 0 radical (unpaired) electrons. The Balaban J connectivity index is 2.02. The van der Waals surface area contributed by atoms with Gasteiger partial charge in [0.1, 0.15) is 0 Å². The van der Waals surface area contributed by atoms with Crippen LogP contribution in [-0.2, 0) is 11.3 Å². The second-order valence-corrected chi connectivity index (χ2v) is 3.44. The molecule has 0 aliphatic carbocycles. The van der Waals surface area contributed by atoms with Gasteiger partial charge in [-0.1, -0.05) is 0 Å². The van der Waals surface area contributed by atoms with Crippen LogP contribution in [0.25, 0.3) is 11.3 Å². The highest BCUT2D eigenvalue weighted by Gasteiger charge is 2.01. The molecular formula is C12H15N3O. The Morgan fingerprint density at radius 3 is 3.12 bits per heavy atom. The predicted molar refractivity (Wildman–Crippen MR) is 62.0 cm³/mol. The van der Waals surface area contributed by atoms with Gasteiger partial charge in [-0.15, -0.1) is 0 Å². The second-order valence-electron chi connectivity index (χ2n) is 3.44. The van der Waals surface area contributed by atoms with Crippen molar-refractivity contribution in [3.05, 3.63) is 37.1 Å². The van der Waals surface area contributed by atoms with Crippen molar-refractivity contribution < 1.29 is 4.74 Å². The van der Waals surface area contributed by atoms with E-state index >= 15 is 0 Å². The van der Waals surface area contributed by atoms with Crippen LogP contribution in [0.2, 0.25) is 0 Å². The molecule has 4 heteroatoms. The lowest BCUT2D eigenvalue weighted by Crippen LogP contribution is -2.03. The highest BCUT2D eigenvalue weighted by Crippen LogP contribution is 2.14. The summed E-state index contributed by atoms with van der Waals surface area (Å²) >= 11 is 0. The standard InChI is InChI=1S/C12H15N3O/c1-2-16-7-6-15-9-12(14-10-15)11-4-3-5-13-8-11/h3-5,8-10H,2,6-7H2,1H3. The van der Waals surface area contributed by atoms with Gasteiger partial charge < -0.3 is 9.30 Å². The van der Waals surface area contributed by atoms with E-state index in [1.807, 2.05) is 42.3 Å². The first-order valence-corrected chi connectivity index (χ1v) is 5.40. The Morgan fingerprint density at radius 1 is 1.44 bits per heavy atom. The number of aromatic nitrogens is 3. The van der Waals surface area contributed by atoms with Gasteiger partial charge in [-0.2, -0.15) is 0 Å². The molecule has 0 bridgehead atoms. The highest BCUT2D eigenvalue weighted by atomic mass is 16.5. The van der Waals surface area contributed by atoms with Crippen LogP contribution in [0.4, 0.5) is 0 Å². The molecule has 2 aromatic rings. The first-order valence-electron chi connectivity index (χ1n) is 5.40. The fourth-order valence-corrected chi connectivity index (χ4v) is 1.46. The monoisotopic (exact) mass is 217 g/mol. The molecule has 0 amide bonds. The molecule has 0 spiro atoms. The van der Waals surface area contributed by atoms with Crippen molar-refractivity contribution in [2.75, 3.05) is 13.2 Å². The number of hydrogen-bond acceptors (Lipinski definition) is 3. The fraction of sp³-hybridized carbons (Fsp3) is 0.333. The van der Waals surface area contributed by atoms with E-state index in [1.54, 1.807) is 6.20 Å². The zero-order valence-electron chi connectivity index (χ0n) is 9.34. The molecule has 2 heterocycles. The van der Waals surface area contributed by atoms with Gasteiger partial charge in [0.05, 0.1) is 18.6 Å². The van der Waals surface area contributed by atoms with Gasteiger partial charge in [0.25, 0.3) is 0 Å². The van der Waals surface area contributed by atoms with E-state index in [1.165, 1.54) is 0 Å². The smallest absolute Gasteiger partial charge is 0.0954 e. The maximum absolute atomic E-state index is 5.29. The number of nitrogens with zero attached hydrogens (tertiary/aromatic N) is 3. The van der Waals surface area contributed by atoms with Crippen LogP contribution in [0, 0.1) is 0 Å². The quantitative estimate of drug-likeness (QED) is 0.719. The van der Waals surface area contributed by atoms with Crippen LogP contribution in [0.5, 0.6) is 0 Å². The number of hydrogen-bond donors (Lipinski definition) is 0. The SMILES string of the molecule is CCOCCn1cnc(-c2cccnc2)c1. The van der Waals surface area contributed by atoms with Crippen LogP contribution in [0.1, 0.15) is 6.92 Å². The maximum atomic E-state index is 5.29. The summed E-state index contributed by atoms with van der Waals surface area (Å²) in [6.07, 6.45) is 7.40. The minimum atomic E-state index is 0.722. The topological polar surface area (TPSA) is 39.9 Å². The van der Waals surface area contributed by atoms with Crippen LogP contribution >= 0.6 is 0 Å². The Hall–Kier alpha value is -1.68. The summed E-state index contributed by atoms with van der Waals surface area (Å²) in [6, 6.07) is 3.91. The molecule has 2 aromatic heterocycles. The Kier molecular flexibility index (Phi) is 3.66. The van der Waals surface area contributed by atoms with Crippen LogP contribution in [-0.4, -0.2) is 27.7 Å². The van der Waals surface area contributed by atoms with Crippen molar-refractivity contribution >= 4 is 0 Å². The zero-order valence-corrected chi connectivity index (χ0v) is 9.34. The lowest BCUT2D eigenvalue weighted by molar-refractivity contribution is 0.139. The first kappa shape index (κ1) is 10.8. The summed E-state index contributed by atoms with van der Waals surface area (Å²) in [7, 11) is 0. The molecule has 0 N–H and O–H groups in total. The van der Waals surface area contributed by atoms with Gasteiger partial charge in [0.15, 0.2) is 0 Å². The highest BCUT2D eigenvalue weighted by molar-refractivity contribution is 5.56. The molecule has 0 aliphatic rings. The Bertz CT molecular complexity index is 425. The lowest BCUT2D eigenvalue weighted by atomic mass is 10.2. The third-order valence-corrected chi connectivity index (χ3v) is 2.29. The average molecular weight is 217 g/mol. The van der Waals surface area contributed by atoms with E-state index in [0.29, 0.717) is 0 Å². The summed E-state index contributed by atoms with van der Waals surface area (Å²) in [5.41, 5.74) is 1.99. The van der Waals surface area contributed by atoms with E-state index < -0.39 is 0 Å². The van der Waals surface area contributed by atoms with Crippen molar-refractivity contribution in [3.8, 4) is 11.3 Å². The first-order chi connectivity index (χ1) is 7.90. The minimum absolute atomic E-state index is 0.722. The van der Waals surface area contributed by atoms with Crippen molar-refractivity contribution in [2.45, 2.75) is 13.5 Å². The van der Waals surface area contributed by atoms with Gasteiger partial charge in [0.2, 0.25) is 0 Å². The average Bonchev–Trinajstić information content (AvgIpc) is 2.79. The largest absolute Gasteiger partial charge is 0.380 e. The van der Waals surface area contributed by atoms with Crippen LogP contribution in [0.15, 0.2) is 37.1 Å². The van der Waals surface area contributed by atoms with E-state index in [9.17, 15) is 0 Å². The summed E-state index contributed by atoms with van der Waals surface area (Å²) in [5.74, 6) is 0. The number of rotatable bonds is 5. The molecule has 16 heavy (non-hydrogen) atoms. The number of imidazole rings is 1. The summed E-state index contributed by atoms with van der Waals surface area (Å²) < 4.78 is 7.32. The Labute approximate surface area is 94.9 Å². The second kappa shape index (κ2) is 5.42. The molecule has 0 aliphatic heterocycles. The maximum Gasteiger partial charge on any atom is 0.0954 e. The third kappa shape index (κ3) is 2.67. The van der Waals surface area contributed by atoms with Crippen molar-refractivity contribution in [1.82, 2.24) is 14.5 Å².